The lowest BCUT2D eigenvalue weighted by atomic mass is 10.3. The molecule has 1 N–H and O–H groups in total. The maximum atomic E-state index is 12.9. The molecule has 0 aliphatic rings. The van der Waals surface area contributed by atoms with E-state index in [0.29, 0.717) is 0 Å². The summed E-state index contributed by atoms with van der Waals surface area (Å²) in [7, 11) is -4.87. The van der Waals surface area contributed by atoms with Crippen molar-refractivity contribution in [1.29, 1.82) is 0 Å². The molecule has 10 heteroatoms. The molecule has 2 aromatic carbocycles. The van der Waals surface area contributed by atoms with Gasteiger partial charge in [0.15, 0.2) is 6.61 Å². The number of nitro groups is 1. The lowest BCUT2D eigenvalue weighted by Crippen LogP contribution is -2.20. The van der Waals surface area contributed by atoms with Gasteiger partial charge < -0.3 is 10.1 Å². The number of nitrogens with one attached hydrogen (secondary N) is 1. The van der Waals surface area contributed by atoms with Gasteiger partial charge >= 0.3 is 10.2 Å². The predicted octanol–water partition coefficient (Wildman–Crippen LogP) is 2.27. The van der Waals surface area contributed by atoms with Crippen molar-refractivity contribution >= 4 is 27.5 Å². The van der Waals surface area contributed by atoms with Crippen LogP contribution in [0.2, 0.25) is 0 Å². The van der Waals surface area contributed by atoms with Crippen molar-refractivity contribution in [3.8, 4) is 5.75 Å². The maximum Gasteiger partial charge on any atom is 0.332 e. The molecule has 0 aliphatic carbocycles. The molecule has 0 fully saturated rings. The van der Waals surface area contributed by atoms with Crippen LogP contribution in [0.15, 0.2) is 53.4 Å². The van der Waals surface area contributed by atoms with Crippen LogP contribution in [-0.4, -0.2) is 25.9 Å². The van der Waals surface area contributed by atoms with Gasteiger partial charge in [0.1, 0.15) is 10.6 Å². The minimum Gasteiger partial charge on any atom is -0.484 e. The average molecular weight is 354 g/mol. The summed E-state index contributed by atoms with van der Waals surface area (Å²) in [5, 5.41) is 12.9. The summed E-state index contributed by atoms with van der Waals surface area (Å²) >= 11 is 0. The second kappa shape index (κ2) is 7.04. The molecule has 126 valence electrons. The Kier molecular flexibility index (Phi) is 5.09. The van der Waals surface area contributed by atoms with Crippen LogP contribution in [0.4, 0.5) is 15.3 Å². The summed E-state index contributed by atoms with van der Waals surface area (Å²) in [5.74, 6) is -0.363. The van der Waals surface area contributed by atoms with Crippen molar-refractivity contribution in [1.82, 2.24) is 0 Å². The van der Waals surface area contributed by atoms with Gasteiger partial charge in [-0.3, -0.25) is 14.9 Å². The minimum atomic E-state index is -4.87. The van der Waals surface area contributed by atoms with Crippen molar-refractivity contribution in [2.45, 2.75) is 4.90 Å². The number of non-ortho nitro benzene ring substituents is 1. The number of carbonyl (C=O) groups is 1. The number of ether oxygens (including phenoxy) is 1. The highest BCUT2D eigenvalue weighted by Crippen LogP contribution is 2.18. The molecule has 8 nitrogen and oxygen atoms in total. The quantitative estimate of drug-likeness (QED) is 0.483. The topological polar surface area (TPSA) is 116 Å². The first-order valence-electron chi connectivity index (χ1n) is 6.47. The molecule has 0 atom stereocenters. The Morgan fingerprint density at radius 3 is 2.46 bits per heavy atom. The summed E-state index contributed by atoms with van der Waals surface area (Å²) in [4.78, 5) is 21.1. The number of nitrogens with zero attached hydrogens (tertiary/aromatic N) is 1. The number of nitro benzene ring substituents is 1. The van der Waals surface area contributed by atoms with Crippen LogP contribution < -0.4 is 10.1 Å². The van der Waals surface area contributed by atoms with E-state index in [1.54, 1.807) is 0 Å². The summed E-state index contributed by atoms with van der Waals surface area (Å²) < 4.78 is 39.6. The zero-order valence-electron chi connectivity index (χ0n) is 12.0. The van der Waals surface area contributed by atoms with Gasteiger partial charge in [-0.2, -0.15) is 8.42 Å². The van der Waals surface area contributed by atoms with Crippen LogP contribution in [0.5, 0.6) is 5.75 Å². The molecule has 0 heterocycles. The zero-order chi connectivity index (χ0) is 17.7. The normalized spacial score (nSPS) is 10.9. The summed E-state index contributed by atoms with van der Waals surface area (Å²) in [6.07, 6.45) is 0. The summed E-state index contributed by atoms with van der Waals surface area (Å²) in [6.45, 7) is -0.412. The fourth-order valence-corrected chi connectivity index (χ4v) is 2.24. The number of hydrogen-bond donors (Lipinski definition) is 1. The Morgan fingerprint density at radius 1 is 1.21 bits per heavy atom. The van der Waals surface area contributed by atoms with Gasteiger partial charge in [-0.15, -0.1) is 3.89 Å². The molecule has 0 spiro atoms. The molecule has 0 bridgehead atoms. The van der Waals surface area contributed by atoms with E-state index in [1.807, 2.05) is 0 Å². The van der Waals surface area contributed by atoms with E-state index in [2.05, 4.69) is 5.32 Å². The van der Waals surface area contributed by atoms with E-state index in [9.17, 15) is 27.2 Å². The van der Waals surface area contributed by atoms with E-state index in [0.717, 1.165) is 12.1 Å². The van der Waals surface area contributed by atoms with Crippen LogP contribution in [0.3, 0.4) is 0 Å². The molecule has 2 rings (SSSR count). The van der Waals surface area contributed by atoms with E-state index < -0.39 is 32.6 Å². The van der Waals surface area contributed by atoms with E-state index >= 15 is 0 Å². The Hall–Kier alpha value is -3.01. The van der Waals surface area contributed by atoms with Gasteiger partial charge in [0.25, 0.3) is 11.6 Å². The number of benzene rings is 2. The lowest BCUT2D eigenvalue weighted by Gasteiger charge is -2.08. The number of amides is 1. The molecule has 0 saturated heterocycles. The number of rotatable bonds is 6. The Bertz CT molecular complexity index is 867. The standard InChI is InChI=1S/C14H11FN2O6S/c15-24(21,22)13-3-1-2-10(8-13)16-14(18)9-23-12-6-4-11(5-7-12)17(19)20/h1-8H,9H2,(H,16,18). The van der Waals surface area contributed by atoms with Gasteiger partial charge in [0, 0.05) is 17.8 Å². The van der Waals surface area contributed by atoms with Crippen molar-refractivity contribution in [3.05, 3.63) is 58.6 Å². The van der Waals surface area contributed by atoms with Crippen LogP contribution >= 0.6 is 0 Å². The molecule has 0 aliphatic heterocycles. The summed E-state index contributed by atoms with van der Waals surface area (Å²) in [5.41, 5.74) is -0.0259. The summed E-state index contributed by atoms with van der Waals surface area (Å²) in [6, 6.07) is 9.81. The number of anilines is 1. The Labute approximate surface area is 136 Å². The third kappa shape index (κ3) is 4.74. The molecule has 0 aromatic heterocycles. The molecule has 0 saturated carbocycles. The molecule has 2 aromatic rings. The largest absolute Gasteiger partial charge is 0.484 e. The van der Waals surface area contributed by atoms with Crippen molar-refractivity contribution in [2.24, 2.45) is 0 Å². The fraction of sp³-hybridized carbons (Fsp3) is 0.0714. The first-order chi connectivity index (χ1) is 11.3. The first-order valence-corrected chi connectivity index (χ1v) is 7.86. The Morgan fingerprint density at radius 2 is 1.88 bits per heavy atom. The molecular weight excluding hydrogens is 343 g/mol. The van der Waals surface area contributed by atoms with Gasteiger partial charge in [0.2, 0.25) is 0 Å². The van der Waals surface area contributed by atoms with E-state index in [-0.39, 0.29) is 17.1 Å². The first kappa shape index (κ1) is 17.3. The molecule has 0 radical (unpaired) electrons. The molecule has 24 heavy (non-hydrogen) atoms. The number of hydrogen-bond acceptors (Lipinski definition) is 6. The highest BCUT2D eigenvalue weighted by molar-refractivity contribution is 7.86. The van der Waals surface area contributed by atoms with Crippen molar-refractivity contribution in [3.63, 3.8) is 0 Å². The highest BCUT2D eigenvalue weighted by atomic mass is 32.3. The van der Waals surface area contributed by atoms with E-state index in [1.165, 1.54) is 36.4 Å². The number of carbonyl (C=O) groups excluding carboxylic acids is 1. The molecule has 0 unspecified atom stereocenters. The SMILES string of the molecule is O=C(COc1ccc([N+](=O)[O-])cc1)Nc1cccc(S(=O)(=O)F)c1. The lowest BCUT2D eigenvalue weighted by molar-refractivity contribution is -0.384. The van der Waals surface area contributed by atoms with Gasteiger partial charge in [-0.05, 0) is 30.3 Å². The average Bonchev–Trinajstić information content (AvgIpc) is 2.53. The number of halogens is 1. The van der Waals surface area contributed by atoms with Crippen LogP contribution in [0, 0.1) is 10.1 Å². The smallest absolute Gasteiger partial charge is 0.332 e. The van der Waals surface area contributed by atoms with Crippen molar-refractivity contribution in [2.75, 3.05) is 11.9 Å². The second-order valence-corrected chi connectivity index (χ2v) is 5.90. The van der Waals surface area contributed by atoms with Crippen molar-refractivity contribution < 1.29 is 26.8 Å². The molecular formula is C14H11FN2O6S. The third-order valence-corrected chi connectivity index (χ3v) is 3.63. The highest BCUT2D eigenvalue weighted by Gasteiger charge is 2.13. The van der Waals surface area contributed by atoms with Crippen LogP contribution in [0.25, 0.3) is 0 Å². The predicted molar refractivity (Wildman–Crippen MR) is 82.0 cm³/mol. The van der Waals surface area contributed by atoms with Crippen LogP contribution in [-0.2, 0) is 15.0 Å². The second-order valence-electron chi connectivity index (χ2n) is 4.55. The third-order valence-electron chi connectivity index (χ3n) is 2.82. The molecule has 1 amide bonds. The van der Waals surface area contributed by atoms with Gasteiger partial charge in [0.05, 0.1) is 4.92 Å². The maximum absolute atomic E-state index is 12.9. The van der Waals surface area contributed by atoms with Gasteiger partial charge in [-0.1, -0.05) is 6.07 Å². The minimum absolute atomic E-state index is 0.0889. The zero-order valence-corrected chi connectivity index (χ0v) is 12.8. The monoisotopic (exact) mass is 354 g/mol. The van der Waals surface area contributed by atoms with E-state index in [4.69, 9.17) is 4.74 Å². The fourth-order valence-electron chi connectivity index (χ4n) is 1.74. The van der Waals surface area contributed by atoms with Crippen LogP contribution in [0.1, 0.15) is 0 Å². The Balaban J connectivity index is 1.95. The van der Waals surface area contributed by atoms with Gasteiger partial charge in [-0.25, -0.2) is 0 Å².